The fraction of sp³-hybridized carbons (Fsp3) is 0.412. The molecule has 0 spiro atoms. The van der Waals surface area contributed by atoms with Crippen LogP contribution in [0.1, 0.15) is 16.8 Å². The van der Waals surface area contributed by atoms with E-state index in [0.29, 0.717) is 13.1 Å². The van der Waals surface area contributed by atoms with Crippen LogP contribution in [0.4, 0.5) is 5.13 Å². The number of aryl methyl sites for hydroxylation is 1. The van der Waals surface area contributed by atoms with Crippen LogP contribution in [-0.4, -0.2) is 39.2 Å². The first-order valence-electron chi connectivity index (χ1n) is 7.73. The lowest BCUT2D eigenvalue weighted by atomic mass is 10.1. The lowest BCUT2D eigenvalue weighted by Gasteiger charge is -2.13. The Morgan fingerprint density at radius 3 is 2.60 bits per heavy atom. The number of halogens is 1. The van der Waals surface area contributed by atoms with Crippen molar-refractivity contribution in [3.8, 4) is 5.75 Å². The van der Waals surface area contributed by atoms with Gasteiger partial charge in [-0.25, -0.2) is 4.98 Å². The van der Waals surface area contributed by atoms with E-state index in [1.54, 1.807) is 25.5 Å². The van der Waals surface area contributed by atoms with Crippen molar-refractivity contribution in [3.63, 3.8) is 0 Å². The van der Waals surface area contributed by atoms with Crippen molar-refractivity contribution in [1.29, 1.82) is 0 Å². The Morgan fingerprint density at radius 1 is 1.28 bits per heavy atom. The lowest BCUT2D eigenvalue weighted by Crippen LogP contribution is -2.36. The highest BCUT2D eigenvalue weighted by atomic mass is 127. The molecule has 2 rings (SSSR count). The Kier molecular flexibility index (Phi) is 8.98. The number of aliphatic imine (C=N–C) groups is 1. The van der Waals surface area contributed by atoms with Crippen LogP contribution in [-0.2, 0) is 13.1 Å². The standard InChI is InChI=1S/C17H25N5OS.HI/c1-12-6-7-13(15(8-12)23-5)9-19-16(18-2)20-10-14-11-24-17(21-14)22(3)4;/h6-8,11H,9-10H2,1-5H3,(H2,18,19,20);1H. The Labute approximate surface area is 170 Å². The fourth-order valence-corrected chi connectivity index (χ4v) is 2.91. The number of hydrogen-bond donors (Lipinski definition) is 2. The molecule has 6 nitrogen and oxygen atoms in total. The minimum absolute atomic E-state index is 0. The van der Waals surface area contributed by atoms with Gasteiger partial charge < -0.3 is 20.3 Å². The molecule has 1 aromatic heterocycles. The summed E-state index contributed by atoms with van der Waals surface area (Å²) in [5, 5.41) is 9.64. The van der Waals surface area contributed by atoms with E-state index in [4.69, 9.17) is 4.74 Å². The highest BCUT2D eigenvalue weighted by Crippen LogP contribution is 2.20. The predicted molar refractivity (Wildman–Crippen MR) is 117 cm³/mol. The molecule has 0 aliphatic carbocycles. The summed E-state index contributed by atoms with van der Waals surface area (Å²) < 4.78 is 5.43. The fourth-order valence-electron chi connectivity index (χ4n) is 2.15. The second-order valence-corrected chi connectivity index (χ2v) is 6.45. The zero-order chi connectivity index (χ0) is 17.5. The number of nitrogens with zero attached hydrogens (tertiary/aromatic N) is 3. The van der Waals surface area contributed by atoms with E-state index in [2.05, 4.69) is 45.0 Å². The summed E-state index contributed by atoms with van der Waals surface area (Å²) in [4.78, 5) is 10.8. The number of thiazole rings is 1. The number of anilines is 1. The molecule has 138 valence electrons. The minimum atomic E-state index is 0. The van der Waals surface area contributed by atoms with Gasteiger partial charge in [0, 0.05) is 38.6 Å². The molecule has 0 amide bonds. The molecule has 2 N–H and O–H groups in total. The Hall–Kier alpha value is -1.55. The zero-order valence-corrected chi connectivity index (χ0v) is 18.4. The summed E-state index contributed by atoms with van der Waals surface area (Å²) in [6.45, 7) is 3.33. The van der Waals surface area contributed by atoms with E-state index in [1.165, 1.54) is 5.56 Å². The summed E-state index contributed by atoms with van der Waals surface area (Å²) in [7, 11) is 7.43. The molecule has 0 aliphatic heterocycles. The molecular weight excluding hydrogens is 449 g/mol. The SMILES string of the molecule is CN=C(NCc1csc(N(C)C)n1)NCc1ccc(C)cc1OC.I. The van der Waals surface area contributed by atoms with Gasteiger partial charge in [-0.05, 0) is 18.6 Å². The molecule has 0 saturated carbocycles. The molecule has 0 bridgehead atoms. The monoisotopic (exact) mass is 475 g/mol. The van der Waals surface area contributed by atoms with Crippen LogP contribution in [0.2, 0.25) is 0 Å². The number of aromatic nitrogens is 1. The largest absolute Gasteiger partial charge is 0.496 e. The number of nitrogens with one attached hydrogen (secondary N) is 2. The van der Waals surface area contributed by atoms with Crippen LogP contribution in [0.25, 0.3) is 0 Å². The highest BCUT2D eigenvalue weighted by molar-refractivity contribution is 14.0. The first-order valence-corrected chi connectivity index (χ1v) is 8.61. The third-order valence-electron chi connectivity index (χ3n) is 3.47. The van der Waals surface area contributed by atoms with E-state index < -0.39 is 0 Å². The van der Waals surface area contributed by atoms with E-state index in [-0.39, 0.29) is 24.0 Å². The summed E-state index contributed by atoms with van der Waals surface area (Å²) in [5.74, 6) is 1.62. The normalized spacial score (nSPS) is 10.8. The van der Waals surface area contributed by atoms with Gasteiger partial charge in [0.15, 0.2) is 11.1 Å². The molecule has 0 atom stereocenters. The third-order valence-corrected chi connectivity index (χ3v) is 4.53. The van der Waals surface area contributed by atoms with Crippen molar-refractivity contribution in [2.24, 2.45) is 4.99 Å². The van der Waals surface area contributed by atoms with Crippen LogP contribution in [0, 0.1) is 6.92 Å². The first kappa shape index (κ1) is 21.5. The Bertz CT molecular complexity index is 702. The zero-order valence-electron chi connectivity index (χ0n) is 15.3. The molecule has 8 heteroatoms. The summed E-state index contributed by atoms with van der Waals surface area (Å²) >= 11 is 1.63. The predicted octanol–water partition coefficient (Wildman–Crippen LogP) is 3.01. The number of benzene rings is 1. The molecule has 0 unspecified atom stereocenters. The topological polar surface area (TPSA) is 61.8 Å². The van der Waals surface area contributed by atoms with E-state index in [1.807, 2.05) is 25.1 Å². The molecule has 1 aromatic carbocycles. The van der Waals surface area contributed by atoms with Gasteiger partial charge in [-0.1, -0.05) is 12.1 Å². The van der Waals surface area contributed by atoms with Crippen molar-refractivity contribution in [1.82, 2.24) is 15.6 Å². The maximum absolute atomic E-state index is 5.43. The highest BCUT2D eigenvalue weighted by Gasteiger charge is 2.07. The second kappa shape index (κ2) is 10.4. The van der Waals surface area contributed by atoms with Crippen molar-refractivity contribution in [2.45, 2.75) is 20.0 Å². The maximum Gasteiger partial charge on any atom is 0.191 e. The van der Waals surface area contributed by atoms with Gasteiger partial charge in [0.05, 0.1) is 19.3 Å². The average molecular weight is 475 g/mol. The molecule has 1 heterocycles. The van der Waals surface area contributed by atoms with Crippen LogP contribution in [0.5, 0.6) is 5.75 Å². The lowest BCUT2D eigenvalue weighted by molar-refractivity contribution is 0.408. The van der Waals surface area contributed by atoms with Crippen LogP contribution < -0.4 is 20.3 Å². The molecule has 2 aromatic rings. The van der Waals surface area contributed by atoms with Gasteiger partial charge in [0.1, 0.15) is 5.75 Å². The van der Waals surface area contributed by atoms with Crippen molar-refractivity contribution >= 4 is 46.4 Å². The third kappa shape index (κ3) is 6.35. The number of methoxy groups -OCH3 is 1. The van der Waals surface area contributed by atoms with Crippen LogP contribution in [0.15, 0.2) is 28.6 Å². The van der Waals surface area contributed by atoms with Gasteiger partial charge in [-0.15, -0.1) is 35.3 Å². The molecule has 0 fully saturated rings. The summed E-state index contributed by atoms with van der Waals surface area (Å²) in [5.41, 5.74) is 3.27. The maximum atomic E-state index is 5.43. The first-order chi connectivity index (χ1) is 11.5. The molecule has 0 radical (unpaired) electrons. The second-order valence-electron chi connectivity index (χ2n) is 5.61. The van der Waals surface area contributed by atoms with Gasteiger partial charge in [-0.3, -0.25) is 4.99 Å². The van der Waals surface area contributed by atoms with Gasteiger partial charge in [0.25, 0.3) is 0 Å². The number of guanidine groups is 1. The van der Waals surface area contributed by atoms with Gasteiger partial charge >= 0.3 is 0 Å². The summed E-state index contributed by atoms with van der Waals surface area (Å²) in [6.07, 6.45) is 0. The van der Waals surface area contributed by atoms with Crippen molar-refractivity contribution in [2.75, 3.05) is 33.2 Å². The minimum Gasteiger partial charge on any atom is -0.496 e. The van der Waals surface area contributed by atoms with Gasteiger partial charge in [-0.2, -0.15) is 0 Å². The molecule has 0 aliphatic rings. The quantitative estimate of drug-likeness (QED) is 0.382. The number of hydrogen-bond acceptors (Lipinski definition) is 5. The van der Waals surface area contributed by atoms with Crippen molar-refractivity contribution < 1.29 is 4.74 Å². The average Bonchev–Trinajstić information content (AvgIpc) is 3.05. The van der Waals surface area contributed by atoms with Crippen molar-refractivity contribution in [3.05, 3.63) is 40.4 Å². The van der Waals surface area contributed by atoms with E-state index >= 15 is 0 Å². The molecule has 25 heavy (non-hydrogen) atoms. The Balaban J connectivity index is 0.00000312. The number of ether oxygens (including phenoxy) is 1. The van der Waals surface area contributed by atoms with Gasteiger partial charge in [0.2, 0.25) is 0 Å². The molecule has 0 saturated heterocycles. The molecular formula is C17H26IN5OS. The smallest absolute Gasteiger partial charge is 0.191 e. The Morgan fingerprint density at radius 2 is 2.00 bits per heavy atom. The number of rotatable bonds is 6. The van der Waals surface area contributed by atoms with Crippen LogP contribution in [0.3, 0.4) is 0 Å². The van der Waals surface area contributed by atoms with E-state index in [0.717, 1.165) is 28.1 Å². The summed E-state index contributed by atoms with van der Waals surface area (Å²) in [6, 6.07) is 6.18. The van der Waals surface area contributed by atoms with Crippen LogP contribution >= 0.6 is 35.3 Å². The van der Waals surface area contributed by atoms with E-state index in [9.17, 15) is 0 Å².